The molecule has 1 amide bonds. The number of amides is 1. The lowest BCUT2D eigenvalue weighted by Gasteiger charge is -2.19. The van der Waals surface area contributed by atoms with Crippen LogP contribution >= 0.6 is 0 Å². The number of aromatic carboxylic acids is 1. The van der Waals surface area contributed by atoms with E-state index in [1.807, 2.05) is 0 Å². The molecule has 0 unspecified atom stereocenters. The summed E-state index contributed by atoms with van der Waals surface area (Å²) in [6.07, 6.45) is 1.54. The molecule has 0 saturated carbocycles. The van der Waals surface area contributed by atoms with Crippen molar-refractivity contribution in [2.24, 2.45) is 0 Å². The summed E-state index contributed by atoms with van der Waals surface area (Å²) < 4.78 is 6.15. The van der Waals surface area contributed by atoms with Crippen LogP contribution in [0.4, 0.5) is 10.6 Å². The maximum atomic E-state index is 11.7. The first-order chi connectivity index (χ1) is 9.28. The summed E-state index contributed by atoms with van der Waals surface area (Å²) in [7, 11) is 0. The zero-order chi connectivity index (χ0) is 14.9. The minimum absolute atomic E-state index is 0.0711. The molecule has 0 aliphatic rings. The Bertz CT molecular complexity index is 673. The molecule has 0 aromatic carbocycles. The van der Waals surface area contributed by atoms with Crippen molar-refractivity contribution >= 4 is 23.5 Å². The van der Waals surface area contributed by atoms with Gasteiger partial charge in [-0.05, 0) is 20.8 Å². The van der Waals surface area contributed by atoms with E-state index < -0.39 is 17.7 Å². The molecule has 0 aliphatic carbocycles. The maximum absolute atomic E-state index is 11.7. The van der Waals surface area contributed by atoms with E-state index >= 15 is 0 Å². The number of fused-ring (bicyclic) bond motifs is 1. The molecule has 0 fully saturated rings. The maximum Gasteiger partial charge on any atom is 0.413 e. The van der Waals surface area contributed by atoms with Gasteiger partial charge in [-0.25, -0.2) is 24.1 Å². The molecule has 0 radical (unpaired) electrons. The van der Waals surface area contributed by atoms with Crippen LogP contribution in [0.1, 0.15) is 31.3 Å². The number of carboxylic acids is 1. The molecule has 9 heteroatoms. The van der Waals surface area contributed by atoms with Crippen LogP contribution < -0.4 is 5.32 Å². The van der Waals surface area contributed by atoms with Gasteiger partial charge in [0.05, 0.1) is 6.20 Å². The van der Waals surface area contributed by atoms with Crippen LogP contribution in [0.15, 0.2) is 12.5 Å². The van der Waals surface area contributed by atoms with Crippen LogP contribution in [0.3, 0.4) is 0 Å². The fourth-order valence-electron chi connectivity index (χ4n) is 1.45. The molecular formula is C11H13N5O4. The van der Waals surface area contributed by atoms with Gasteiger partial charge in [-0.1, -0.05) is 0 Å². The number of imidazole rings is 1. The predicted octanol–water partition coefficient (Wildman–Crippen LogP) is 1.17. The van der Waals surface area contributed by atoms with Crippen molar-refractivity contribution in [2.45, 2.75) is 26.4 Å². The van der Waals surface area contributed by atoms with Crippen LogP contribution in [0.2, 0.25) is 0 Å². The lowest BCUT2D eigenvalue weighted by atomic mass is 10.2. The summed E-state index contributed by atoms with van der Waals surface area (Å²) in [4.78, 5) is 30.4. The monoisotopic (exact) mass is 279 g/mol. The number of aromatic nitrogens is 4. The number of hydrogen-bond donors (Lipinski definition) is 2. The van der Waals surface area contributed by atoms with E-state index in [9.17, 15) is 9.59 Å². The first-order valence-electron chi connectivity index (χ1n) is 5.70. The predicted molar refractivity (Wildman–Crippen MR) is 67.6 cm³/mol. The Morgan fingerprint density at radius 2 is 2.05 bits per heavy atom. The average Bonchev–Trinajstić information content (AvgIpc) is 2.71. The molecule has 2 rings (SSSR count). The van der Waals surface area contributed by atoms with Crippen LogP contribution in [0, 0.1) is 0 Å². The van der Waals surface area contributed by atoms with Gasteiger partial charge in [0.2, 0.25) is 0 Å². The molecule has 2 aromatic heterocycles. The summed E-state index contributed by atoms with van der Waals surface area (Å²) >= 11 is 0. The second kappa shape index (κ2) is 4.76. The highest BCUT2D eigenvalue weighted by Gasteiger charge is 2.19. The summed E-state index contributed by atoms with van der Waals surface area (Å²) in [5.41, 5.74) is -0.667. The van der Waals surface area contributed by atoms with E-state index in [2.05, 4.69) is 20.4 Å². The number of hydrogen-bond acceptors (Lipinski definition) is 6. The van der Waals surface area contributed by atoms with E-state index in [-0.39, 0.29) is 17.2 Å². The first kappa shape index (κ1) is 13.7. The lowest BCUT2D eigenvalue weighted by Crippen LogP contribution is -2.27. The molecule has 0 atom stereocenters. The van der Waals surface area contributed by atoms with E-state index in [4.69, 9.17) is 9.84 Å². The number of carbonyl (C=O) groups is 2. The molecule has 0 spiro atoms. The van der Waals surface area contributed by atoms with Crippen LogP contribution in [-0.4, -0.2) is 42.4 Å². The van der Waals surface area contributed by atoms with E-state index in [0.29, 0.717) is 0 Å². The van der Waals surface area contributed by atoms with Gasteiger partial charge in [0, 0.05) is 0 Å². The fraction of sp³-hybridized carbons (Fsp3) is 0.364. The smallest absolute Gasteiger partial charge is 0.413 e. The van der Waals surface area contributed by atoms with Gasteiger partial charge in [-0.15, -0.1) is 0 Å². The Labute approximate surface area is 113 Å². The van der Waals surface area contributed by atoms with Gasteiger partial charge in [-0.2, -0.15) is 5.10 Å². The van der Waals surface area contributed by atoms with Crippen molar-refractivity contribution < 1.29 is 19.4 Å². The standard InChI is InChI=1S/C11H13N5O4/c1-11(2,3)20-10(19)15-7-8-12-4-6(9(17)18)16(8)14-5-13-7/h4-5H,1-3H3,(H,17,18)(H,13,14,15,19). The highest BCUT2D eigenvalue weighted by atomic mass is 16.6. The molecule has 2 N–H and O–H groups in total. The number of nitrogens with one attached hydrogen (secondary N) is 1. The molecule has 9 nitrogen and oxygen atoms in total. The zero-order valence-corrected chi connectivity index (χ0v) is 11.1. The molecule has 2 heterocycles. The van der Waals surface area contributed by atoms with Gasteiger partial charge in [0.1, 0.15) is 11.9 Å². The number of nitrogens with zero attached hydrogens (tertiary/aromatic N) is 4. The highest BCUT2D eigenvalue weighted by Crippen LogP contribution is 2.14. The molecular weight excluding hydrogens is 266 g/mol. The Kier molecular flexibility index (Phi) is 3.26. The second-order valence-electron chi connectivity index (χ2n) is 4.92. The Morgan fingerprint density at radius 1 is 1.35 bits per heavy atom. The summed E-state index contributed by atoms with van der Waals surface area (Å²) in [6, 6.07) is 0. The topological polar surface area (TPSA) is 119 Å². The van der Waals surface area contributed by atoms with Gasteiger partial charge in [0.15, 0.2) is 17.2 Å². The summed E-state index contributed by atoms with van der Waals surface area (Å²) in [5.74, 6) is -1.11. The quantitative estimate of drug-likeness (QED) is 0.846. The van der Waals surface area contributed by atoms with Crippen molar-refractivity contribution in [1.82, 2.24) is 19.6 Å². The third-order valence-electron chi connectivity index (χ3n) is 2.14. The first-order valence-corrected chi connectivity index (χ1v) is 5.70. The van der Waals surface area contributed by atoms with E-state index in [0.717, 1.165) is 17.0 Å². The third kappa shape index (κ3) is 2.82. The molecule has 20 heavy (non-hydrogen) atoms. The lowest BCUT2D eigenvalue weighted by molar-refractivity contribution is 0.0633. The molecule has 0 saturated heterocycles. The van der Waals surface area contributed by atoms with Crippen molar-refractivity contribution in [3.8, 4) is 0 Å². The minimum Gasteiger partial charge on any atom is -0.476 e. The Balaban J connectivity index is 2.32. The Hall–Kier alpha value is -2.71. The molecule has 0 aliphatic heterocycles. The largest absolute Gasteiger partial charge is 0.476 e. The third-order valence-corrected chi connectivity index (χ3v) is 2.14. The van der Waals surface area contributed by atoms with E-state index in [1.54, 1.807) is 20.8 Å². The zero-order valence-electron chi connectivity index (χ0n) is 11.1. The normalized spacial score (nSPS) is 11.3. The average molecular weight is 279 g/mol. The van der Waals surface area contributed by atoms with Crippen LogP contribution in [-0.2, 0) is 4.74 Å². The molecule has 0 bridgehead atoms. The second-order valence-corrected chi connectivity index (χ2v) is 4.92. The van der Waals surface area contributed by atoms with Crippen molar-refractivity contribution in [2.75, 3.05) is 5.32 Å². The van der Waals surface area contributed by atoms with Crippen molar-refractivity contribution in [1.29, 1.82) is 0 Å². The van der Waals surface area contributed by atoms with Crippen molar-refractivity contribution in [3.63, 3.8) is 0 Å². The molecule has 106 valence electrons. The highest BCUT2D eigenvalue weighted by molar-refractivity contribution is 5.90. The number of rotatable bonds is 2. The number of carboxylic acid groups (broad SMARTS) is 1. The number of ether oxygens (including phenoxy) is 1. The number of carbonyl (C=O) groups excluding carboxylic acids is 1. The van der Waals surface area contributed by atoms with E-state index in [1.165, 1.54) is 0 Å². The van der Waals surface area contributed by atoms with Crippen molar-refractivity contribution in [3.05, 3.63) is 18.2 Å². The summed E-state index contributed by atoms with van der Waals surface area (Å²) in [6.45, 7) is 5.17. The molecule has 2 aromatic rings. The summed E-state index contributed by atoms with van der Waals surface area (Å²) in [5, 5.41) is 15.1. The van der Waals surface area contributed by atoms with Gasteiger partial charge < -0.3 is 9.84 Å². The van der Waals surface area contributed by atoms with Gasteiger partial charge >= 0.3 is 12.1 Å². The Morgan fingerprint density at radius 3 is 2.65 bits per heavy atom. The van der Waals surface area contributed by atoms with Gasteiger partial charge in [0.25, 0.3) is 0 Å². The van der Waals surface area contributed by atoms with Crippen LogP contribution in [0.25, 0.3) is 5.65 Å². The van der Waals surface area contributed by atoms with Crippen LogP contribution in [0.5, 0.6) is 0 Å². The fourth-order valence-corrected chi connectivity index (χ4v) is 1.45. The number of anilines is 1. The minimum atomic E-state index is -1.18. The van der Waals surface area contributed by atoms with Gasteiger partial charge in [-0.3, -0.25) is 5.32 Å². The SMILES string of the molecule is CC(C)(C)OC(=O)Nc1ncnn2c(C(=O)O)cnc12.